The number of hydrogen-bond acceptors (Lipinski definition) is 0. The SMILES string of the molecule is C/C=C/[CH]C=CCC. The van der Waals surface area contributed by atoms with Crippen LogP contribution in [0, 0.1) is 6.42 Å². The second-order valence-electron chi connectivity index (χ2n) is 1.55. The van der Waals surface area contributed by atoms with Gasteiger partial charge in [0.15, 0.2) is 0 Å². The van der Waals surface area contributed by atoms with Crippen LogP contribution < -0.4 is 0 Å². The van der Waals surface area contributed by atoms with E-state index in [2.05, 4.69) is 19.1 Å². The molecule has 0 rings (SSSR count). The second kappa shape index (κ2) is 6.48. The zero-order valence-corrected chi connectivity index (χ0v) is 5.59. The van der Waals surface area contributed by atoms with Gasteiger partial charge in [0.05, 0.1) is 0 Å². The van der Waals surface area contributed by atoms with Crippen molar-refractivity contribution in [3.05, 3.63) is 30.7 Å². The van der Waals surface area contributed by atoms with Crippen LogP contribution in [0.3, 0.4) is 0 Å². The van der Waals surface area contributed by atoms with Crippen LogP contribution in [0.2, 0.25) is 0 Å². The lowest BCUT2D eigenvalue weighted by molar-refractivity contribution is 1.22. The minimum atomic E-state index is 1.12. The Labute approximate surface area is 51.9 Å². The van der Waals surface area contributed by atoms with Crippen molar-refractivity contribution >= 4 is 0 Å². The predicted molar refractivity (Wildman–Crippen MR) is 38.5 cm³/mol. The Morgan fingerprint density at radius 2 is 2.00 bits per heavy atom. The summed E-state index contributed by atoms with van der Waals surface area (Å²) in [5.41, 5.74) is 0. The Balaban J connectivity index is 3.03. The van der Waals surface area contributed by atoms with Crippen LogP contribution in [0.25, 0.3) is 0 Å². The van der Waals surface area contributed by atoms with E-state index in [9.17, 15) is 0 Å². The minimum absolute atomic E-state index is 1.12. The fraction of sp³-hybridized carbons (Fsp3) is 0.375. The van der Waals surface area contributed by atoms with Gasteiger partial charge in [-0.3, -0.25) is 0 Å². The highest BCUT2D eigenvalue weighted by Gasteiger charge is 1.66. The van der Waals surface area contributed by atoms with Crippen LogP contribution in [0.15, 0.2) is 24.3 Å². The third-order valence-corrected chi connectivity index (χ3v) is 0.786. The quantitative estimate of drug-likeness (QED) is 0.522. The van der Waals surface area contributed by atoms with Gasteiger partial charge in [0, 0.05) is 6.42 Å². The molecule has 0 atom stereocenters. The van der Waals surface area contributed by atoms with Crippen LogP contribution in [0.4, 0.5) is 0 Å². The molecule has 8 heavy (non-hydrogen) atoms. The zero-order chi connectivity index (χ0) is 6.24. The van der Waals surface area contributed by atoms with Crippen molar-refractivity contribution in [2.45, 2.75) is 20.3 Å². The number of hydrogen-bond donors (Lipinski definition) is 0. The van der Waals surface area contributed by atoms with Gasteiger partial charge < -0.3 is 0 Å². The number of allylic oxidation sites excluding steroid dienone is 4. The molecule has 0 aromatic heterocycles. The van der Waals surface area contributed by atoms with Gasteiger partial charge in [-0.2, -0.15) is 0 Å². The summed E-state index contributed by atoms with van der Waals surface area (Å²) in [4.78, 5) is 0. The van der Waals surface area contributed by atoms with Crippen molar-refractivity contribution < 1.29 is 0 Å². The Kier molecular flexibility index (Phi) is 6.06. The molecule has 0 N–H and O–H groups in total. The fourth-order valence-corrected chi connectivity index (χ4v) is 0.390. The Bertz CT molecular complexity index is 78.0. The maximum absolute atomic E-state index is 2.12. The third kappa shape index (κ3) is 5.48. The van der Waals surface area contributed by atoms with E-state index in [1.54, 1.807) is 0 Å². The molecule has 45 valence electrons. The van der Waals surface area contributed by atoms with Gasteiger partial charge in [0.25, 0.3) is 0 Å². The normalized spacial score (nSPS) is 11.8. The third-order valence-electron chi connectivity index (χ3n) is 0.786. The first-order chi connectivity index (χ1) is 3.91. The summed E-state index contributed by atoms with van der Waals surface area (Å²) in [5, 5.41) is 0. The molecule has 0 heteroatoms. The minimum Gasteiger partial charge on any atom is -0.0910 e. The van der Waals surface area contributed by atoms with Crippen LogP contribution in [-0.4, -0.2) is 0 Å². The summed E-state index contributed by atoms with van der Waals surface area (Å²) in [6.45, 7) is 4.14. The van der Waals surface area contributed by atoms with Crippen LogP contribution in [0.1, 0.15) is 20.3 Å². The zero-order valence-electron chi connectivity index (χ0n) is 5.59. The molecule has 0 bridgehead atoms. The topological polar surface area (TPSA) is 0 Å². The molecule has 0 saturated heterocycles. The summed E-state index contributed by atoms with van der Waals surface area (Å²) in [6, 6.07) is 0. The van der Waals surface area contributed by atoms with Crippen molar-refractivity contribution in [2.24, 2.45) is 0 Å². The van der Waals surface area contributed by atoms with Crippen LogP contribution in [-0.2, 0) is 0 Å². The molecule has 0 aromatic carbocycles. The van der Waals surface area contributed by atoms with E-state index in [1.807, 2.05) is 25.5 Å². The lowest BCUT2D eigenvalue weighted by Gasteiger charge is -1.76. The molecule has 0 nitrogen and oxygen atoms in total. The lowest BCUT2D eigenvalue weighted by atomic mass is 10.3. The highest BCUT2D eigenvalue weighted by Crippen LogP contribution is 1.85. The molecule has 0 saturated carbocycles. The van der Waals surface area contributed by atoms with Gasteiger partial charge in [-0.1, -0.05) is 31.2 Å². The van der Waals surface area contributed by atoms with Gasteiger partial charge in [0.2, 0.25) is 0 Å². The van der Waals surface area contributed by atoms with E-state index < -0.39 is 0 Å². The Morgan fingerprint density at radius 3 is 2.50 bits per heavy atom. The molecular formula is C8H13. The highest BCUT2D eigenvalue weighted by atomic mass is 13.7. The largest absolute Gasteiger partial charge is 0.0910 e. The lowest BCUT2D eigenvalue weighted by Crippen LogP contribution is -1.57. The van der Waals surface area contributed by atoms with Gasteiger partial charge in [0.1, 0.15) is 0 Å². The van der Waals surface area contributed by atoms with Crippen molar-refractivity contribution in [3.8, 4) is 0 Å². The van der Waals surface area contributed by atoms with E-state index in [-0.39, 0.29) is 0 Å². The maximum atomic E-state index is 2.12. The van der Waals surface area contributed by atoms with E-state index in [4.69, 9.17) is 0 Å². The monoisotopic (exact) mass is 109 g/mol. The van der Waals surface area contributed by atoms with E-state index >= 15 is 0 Å². The summed E-state index contributed by atoms with van der Waals surface area (Å²) >= 11 is 0. The molecule has 0 amide bonds. The number of rotatable bonds is 3. The molecule has 0 aromatic rings. The van der Waals surface area contributed by atoms with Gasteiger partial charge in [-0.25, -0.2) is 0 Å². The maximum Gasteiger partial charge on any atom is 0.00440 e. The predicted octanol–water partition coefficient (Wildman–Crippen LogP) is 2.73. The van der Waals surface area contributed by atoms with Crippen molar-refractivity contribution in [1.82, 2.24) is 0 Å². The fourth-order valence-electron chi connectivity index (χ4n) is 0.390. The molecule has 0 aliphatic carbocycles. The van der Waals surface area contributed by atoms with Crippen molar-refractivity contribution in [3.63, 3.8) is 0 Å². The Morgan fingerprint density at radius 1 is 1.25 bits per heavy atom. The molecule has 0 aliphatic heterocycles. The first kappa shape index (κ1) is 7.48. The molecular weight excluding hydrogens is 96.1 g/mol. The van der Waals surface area contributed by atoms with Crippen molar-refractivity contribution in [2.75, 3.05) is 0 Å². The van der Waals surface area contributed by atoms with E-state index in [0.717, 1.165) is 6.42 Å². The second-order valence-corrected chi connectivity index (χ2v) is 1.55. The average Bonchev–Trinajstić information content (AvgIpc) is 1.81. The first-order valence-electron chi connectivity index (χ1n) is 3.03. The molecule has 0 unspecified atom stereocenters. The molecule has 0 aliphatic rings. The summed E-state index contributed by atoms with van der Waals surface area (Å²) in [7, 11) is 0. The average molecular weight is 109 g/mol. The molecule has 1 radical (unpaired) electrons. The van der Waals surface area contributed by atoms with Crippen LogP contribution >= 0.6 is 0 Å². The van der Waals surface area contributed by atoms with Gasteiger partial charge in [-0.05, 0) is 13.3 Å². The standard InChI is InChI=1S/C8H13/c1-3-5-7-8-6-4-2/h3,5-8H,4H2,1-2H3/b5-3+,8-6?. The highest BCUT2D eigenvalue weighted by molar-refractivity contribution is 5.06. The van der Waals surface area contributed by atoms with Gasteiger partial charge in [-0.15, -0.1) is 0 Å². The van der Waals surface area contributed by atoms with Gasteiger partial charge >= 0.3 is 0 Å². The summed E-state index contributed by atoms with van der Waals surface area (Å²) in [5.74, 6) is 0. The molecule has 0 fully saturated rings. The van der Waals surface area contributed by atoms with Crippen LogP contribution in [0.5, 0.6) is 0 Å². The summed E-state index contributed by atoms with van der Waals surface area (Å²) in [6.07, 6.45) is 11.4. The Hall–Kier alpha value is -0.520. The van der Waals surface area contributed by atoms with Crippen molar-refractivity contribution in [1.29, 1.82) is 0 Å². The van der Waals surface area contributed by atoms with E-state index in [1.165, 1.54) is 0 Å². The molecule has 0 spiro atoms. The smallest absolute Gasteiger partial charge is 0.00440 e. The molecule has 0 heterocycles. The summed E-state index contributed by atoms with van der Waals surface area (Å²) < 4.78 is 0. The van der Waals surface area contributed by atoms with E-state index in [0.29, 0.717) is 0 Å². The first-order valence-corrected chi connectivity index (χ1v) is 3.03.